The SMILES string of the molecule is COc1ccccc1CC(N1NC(=O)CC1(C)C)C(F)(F)F. The zero-order valence-electron chi connectivity index (χ0n) is 12.7. The number of carbonyl (C=O) groups is 1. The summed E-state index contributed by atoms with van der Waals surface area (Å²) >= 11 is 0. The number of methoxy groups -OCH3 is 1. The average Bonchev–Trinajstić information content (AvgIpc) is 2.67. The molecule has 4 nitrogen and oxygen atoms in total. The Labute approximate surface area is 127 Å². The number of ether oxygens (including phenoxy) is 1. The molecule has 0 saturated carbocycles. The van der Waals surface area contributed by atoms with Gasteiger partial charge in [-0.15, -0.1) is 0 Å². The summed E-state index contributed by atoms with van der Waals surface area (Å²) in [6.45, 7) is 3.23. The van der Waals surface area contributed by atoms with Gasteiger partial charge < -0.3 is 4.74 Å². The first-order valence-electron chi connectivity index (χ1n) is 6.92. The lowest BCUT2D eigenvalue weighted by Gasteiger charge is -2.37. The highest BCUT2D eigenvalue weighted by Gasteiger charge is 2.52. The van der Waals surface area contributed by atoms with E-state index in [1.165, 1.54) is 7.11 Å². The minimum Gasteiger partial charge on any atom is -0.496 e. The van der Waals surface area contributed by atoms with Gasteiger partial charge in [0.05, 0.1) is 7.11 Å². The molecule has 122 valence electrons. The Morgan fingerprint density at radius 2 is 2.00 bits per heavy atom. The quantitative estimate of drug-likeness (QED) is 0.928. The number of hydrazine groups is 1. The molecule has 0 spiro atoms. The molecule has 1 heterocycles. The predicted octanol–water partition coefficient (Wildman–Crippen LogP) is 2.68. The molecule has 22 heavy (non-hydrogen) atoms. The van der Waals surface area contributed by atoms with Crippen LogP contribution in [0.25, 0.3) is 0 Å². The molecule has 1 N–H and O–H groups in total. The first-order chi connectivity index (χ1) is 10.1. The molecular weight excluding hydrogens is 297 g/mol. The van der Waals surface area contributed by atoms with Crippen LogP contribution in [-0.4, -0.2) is 35.8 Å². The molecule has 2 rings (SSSR count). The molecule has 1 atom stereocenters. The van der Waals surface area contributed by atoms with Crippen LogP contribution < -0.4 is 10.2 Å². The molecule has 0 aromatic heterocycles. The first kappa shape index (κ1) is 16.6. The average molecular weight is 316 g/mol. The summed E-state index contributed by atoms with van der Waals surface area (Å²) in [4.78, 5) is 11.5. The topological polar surface area (TPSA) is 41.6 Å². The molecule has 0 bridgehead atoms. The highest BCUT2D eigenvalue weighted by atomic mass is 19.4. The van der Waals surface area contributed by atoms with Crippen LogP contribution in [-0.2, 0) is 11.2 Å². The molecule has 1 aromatic carbocycles. The Balaban J connectivity index is 2.34. The number of hydrogen-bond acceptors (Lipinski definition) is 3. The number of nitrogens with zero attached hydrogens (tertiary/aromatic N) is 1. The fraction of sp³-hybridized carbons (Fsp3) is 0.533. The number of hydrogen-bond donors (Lipinski definition) is 1. The van der Waals surface area contributed by atoms with Gasteiger partial charge in [0.25, 0.3) is 0 Å². The van der Waals surface area contributed by atoms with E-state index in [0.29, 0.717) is 11.3 Å². The second-order valence-electron chi connectivity index (χ2n) is 5.97. The summed E-state index contributed by atoms with van der Waals surface area (Å²) in [5.74, 6) is -0.000596. The van der Waals surface area contributed by atoms with Crippen molar-refractivity contribution in [3.63, 3.8) is 0 Å². The van der Waals surface area contributed by atoms with E-state index < -0.39 is 23.7 Å². The highest BCUT2D eigenvalue weighted by Crippen LogP contribution is 2.36. The molecular formula is C15H19F3N2O2. The van der Waals surface area contributed by atoms with Gasteiger partial charge in [-0.25, -0.2) is 5.01 Å². The molecule has 1 aliphatic rings. The van der Waals surface area contributed by atoms with Crippen LogP contribution in [0.2, 0.25) is 0 Å². The molecule has 1 amide bonds. The van der Waals surface area contributed by atoms with Gasteiger partial charge in [0.15, 0.2) is 0 Å². The molecule has 7 heteroatoms. The van der Waals surface area contributed by atoms with E-state index in [1.807, 2.05) is 0 Å². The number of para-hydroxylation sites is 1. The summed E-state index contributed by atoms with van der Waals surface area (Å²) in [6.07, 6.45) is -4.74. The largest absolute Gasteiger partial charge is 0.496 e. The van der Waals surface area contributed by atoms with Gasteiger partial charge >= 0.3 is 6.18 Å². The Morgan fingerprint density at radius 3 is 2.50 bits per heavy atom. The number of benzene rings is 1. The highest BCUT2D eigenvalue weighted by molar-refractivity contribution is 5.79. The minimum absolute atomic E-state index is 0.0332. The molecule has 0 radical (unpaired) electrons. The van der Waals surface area contributed by atoms with E-state index in [9.17, 15) is 18.0 Å². The monoisotopic (exact) mass is 316 g/mol. The number of halogens is 3. The van der Waals surface area contributed by atoms with Crippen molar-refractivity contribution in [3.8, 4) is 5.75 Å². The number of carbonyl (C=O) groups excluding carboxylic acids is 1. The Bertz CT molecular complexity index is 558. The van der Waals surface area contributed by atoms with Crippen LogP contribution in [0, 0.1) is 0 Å². The number of amides is 1. The number of rotatable bonds is 4. The van der Waals surface area contributed by atoms with Crippen LogP contribution in [0.15, 0.2) is 24.3 Å². The fourth-order valence-corrected chi connectivity index (χ4v) is 2.74. The molecule has 1 saturated heterocycles. The zero-order valence-corrected chi connectivity index (χ0v) is 12.7. The van der Waals surface area contributed by atoms with Crippen molar-refractivity contribution in [3.05, 3.63) is 29.8 Å². The molecule has 1 unspecified atom stereocenters. The van der Waals surface area contributed by atoms with Gasteiger partial charge in [-0.3, -0.25) is 10.2 Å². The smallest absolute Gasteiger partial charge is 0.406 e. The lowest BCUT2D eigenvalue weighted by molar-refractivity contribution is -0.200. The van der Waals surface area contributed by atoms with Crippen LogP contribution in [0.5, 0.6) is 5.75 Å². The van der Waals surface area contributed by atoms with Crippen molar-refractivity contribution in [2.24, 2.45) is 0 Å². The van der Waals surface area contributed by atoms with Crippen molar-refractivity contribution >= 4 is 5.91 Å². The summed E-state index contributed by atoms with van der Waals surface area (Å²) in [6, 6.07) is 4.77. The van der Waals surface area contributed by atoms with E-state index >= 15 is 0 Å². The van der Waals surface area contributed by atoms with Crippen molar-refractivity contribution in [1.29, 1.82) is 0 Å². The molecule has 1 fully saturated rings. The van der Waals surface area contributed by atoms with Crippen molar-refractivity contribution in [2.45, 2.75) is 44.4 Å². The van der Waals surface area contributed by atoms with Crippen LogP contribution >= 0.6 is 0 Å². The summed E-state index contributed by atoms with van der Waals surface area (Å²) in [7, 11) is 1.42. The third-order valence-electron chi connectivity index (χ3n) is 3.79. The summed E-state index contributed by atoms with van der Waals surface area (Å²) < 4.78 is 45.7. The maximum Gasteiger partial charge on any atom is 0.406 e. The maximum atomic E-state index is 13.5. The van der Waals surface area contributed by atoms with Gasteiger partial charge in [-0.2, -0.15) is 13.2 Å². The van der Waals surface area contributed by atoms with Gasteiger partial charge in [-0.1, -0.05) is 18.2 Å². The number of alkyl halides is 3. The van der Waals surface area contributed by atoms with Crippen molar-refractivity contribution in [1.82, 2.24) is 10.4 Å². The van der Waals surface area contributed by atoms with E-state index in [2.05, 4.69) is 5.43 Å². The van der Waals surface area contributed by atoms with E-state index in [4.69, 9.17) is 4.74 Å². The van der Waals surface area contributed by atoms with Crippen LogP contribution in [0.4, 0.5) is 13.2 Å². The van der Waals surface area contributed by atoms with Crippen LogP contribution in [0.3, 0.4) is 0 Å². The molecule has 0 aliphatic carbocycles. The van der Waals surface area contributed by atoms with Gasteiger partial charge in [0.1, 0.15) is 11.8 Å². The predicted molar refractivity (Wildman–Crippen MR) is 75.2 cm³/mol. The van der Waals surface area contributed by atoms with Crippen LogP contribution in [0.1, 0.15) is 25.8 Å². The Kier molecular flexibility index (Phi) is 4.37. The third-order valence-corrected chi connectivity index (χ3v) is 3.79. The summed E-state index contributed by atoms with van der Waals surface area (Å²) in [5.41, 5.74) is 1.89. The normalized spacial score (nSPS) is 19.8. The first-order valence-corrected chi connectivity index (χ1v) is 6.92. The molecule has 1 aliphatic heterocycles. The Morgan fingerprint density at radius 1 is 1.36 bits per heavy atom. The second-order valence-corrected chi connectivity index (χ2v) is 5.97. The zero-order chi connectivity index (χ0) is 16.5. The standard InChI is InChI=1S/C15H19F3N2O2/c1-14(2)9-13(21)19-20(14)12(15(16,17)18)8-10-6-4-5-7-11(10)22-3/h4-7,12H,8-9H2,1-3H3,(H,19,21). The summed E-state index contributed by atoms with van der Waals surface area (Å²) in [5, 5.41) is 1.02. The van der Waals surface area contributed by atoms with Crippen molar-refractivity contribution in [2.75, 3.05) is 7.11 Å². The molecule has 1 aromatic rings. The van der Waals surface area contributed by atoms with E-state index in [0.717, 1.165) is 5.01 Å². The lowest BCUT2D eigenvalue weighted by atomic mass is 9.97. The van der Waals surface area contributed by atoms with E-state index in [-0.39, 0.29) is 12.8 Å². The lowest BCUT2D eigenvalue weighted by Crippen LogP contribution is -2.57. The number of nitrogens with one attached hydrogen (secondary N) is 1. The Hall–Kier alpha value is -1.76. The van der Waals surface area contributed by atoms with Crippen molar-refractivity contribution < 1.29 is 22.7 Å². The van der Waals surface area contributed by atoms with E-state index in [1.54, 1.807) is 38.1 Å². The van der Waals surface area contributed by atoms with Gasteiger partial charge in [0, 0.05) is 18.4 Å². The second kappa shape index (κ2) is 5.79. The fourth-order valence-electron chi connectivity index (χ4n) is 2.74. The minimum atomic E-state index is -4.48. The van der Waals surface area contributed by atoms with Gasteiger partial charge in [-0.05, 0) is 25.5 Å². The third kappa shape index (κ3) is 3.35. The van der Waals surface area contributed by atoms with Gasteiger partial charge in [0.2, 0.25) is 5.91 Å². The maximum absolute atomic E-state index is 13.5.